The van der Waals surface area contributed by atoms with E-state index in [-0.39, 0.29) is 19.0 Å². The van der Waals surface area contributed by atoms with Crippen LogP contribution in [-0.2, 0) is 16.1 Å². The van der Waals surface area contributed by atoms with Gasteiger partial charge < -0.3 is 18.9 Å². The first-order valence-corrected chi connectivity index (χ1v) is 15.4. The van der Waals surface area contributed by atoms with E-state index >= 15 is 0 Å². The molecule has 0 radical (unpaired) electrons. The summed E-state index contributed by atoms with van der Waals surface area (Å²) in [6.07, 6.45) is 1.84. The molecule has 224 valence electrons. The van der Waals surface area contributed by atoms with Crippen LogP contribution in [0.2, 0.25) is 0 Å². The lowest BCUT2D eigenvalue weighted by Crippen LogP contribution is -2.39. The van der Waals surface area contributed by atoms with Gasteiger partial charge >= 0.3 is 5.97 Å². The van der Waals surface area contributed by atoms with Gasteiger partial charge in [0.25, 0.3) is 5.56 Å². The van der Waals surface area contributed by atoms with Crippen molar-refractivity contribution in [2.24, 2.45) is 4.99 Å². The number of benzene rings is 4. The zero-order chi connectivity index (χ0) is 30.8. The lowest BCUT2D eigenvalue weighted by molar-refractivity contribution is -0.138. The average molecular weight is 617 g/mol. The molecule has 0 spiro atoms. The van der Waals surface area contributed by atoms with Crippen molar-refractivity contribution in [3.05, 3.63) is 151 Å². The van der Waals surface area contributed by atoms with Crippen LogP contribution in [0, 0.1) is 0 Å². The minimum atomic E-state index is -0.703. The van der Waals surface area contributed by atoms with E-state index in [0.717, 1.165) is 28.0 Å². The number of fused-ring (bicyclic) bond motifs is 2. The van der Waals surface area contributed by atoms with Gasteiger partial charge in [0.15, 0.2) is 16.3 Å². The summed E-state index contributed by atoms with van der Waals surface area (Å²) in [5.41, 5.74) is 3.96. The van der Waals surface area contributed by atoms with E-state index in [1.165, 1.54) is 11.3 Å². The number of carbonyl (C=O) groups excluding carboxylic acids is 1. The molecule has 0 saturated heterocycles. The summed E-state index contributed by atoms with van der Waals surface area (Å²) in [5, 5.41) is 0. The van der Waals surface area contributed by atoms with Crippen molar-refractivity contribution in [3.63, 3.8) is 0 Å². The van der Waals surface area contributed by atoms with Crippen LogP contribution in [0.5, 0.6) is 17.2 Å². The number of nitrogens with zero attached hydrogens (tertiary/aromatic N) is 2. The molecule has 4 aromatic carbocycles. The van der Waals surface area contributed by atoms with Gasteiger partial charge in [-0.15, -0.1) is 0 Å². The van der Waals surface area contributed by atoms with Gasteiger partial charge in [0.1, 0.15) is 12.4 Å². The quantitative estimate of drug-likeness (QED) is 0.222. The van der Waals surface area contributed by atoms with E-state index in [1.54, 1.807) is 11.5 Å². The van der Waals surface area contributed by atoms with Gasteiger partial charge in [-0.2, -0.15) is 0 Å². The number of hydrogen-bond acceptors (Lipinski definition) is 8. The summed E-state index contributed by atoms with van der Waals surface area (Å²) < 4.78 is 24.4. The topological polar surface area (TPSA) is 88.4 Å². The second-order valence-electron chi connectivity index (χ2n) is 10.4. The molecule has 2 aliphatic rings. The number of aromatic nitrogens is 1. The highest BCUT2D eigenvalue weighted by Gasteiger charge is 2.35. The van der Waals surface area contributed by atoms with Crippen molar-refractivity contribution >= 4 is 29.1 Å². The summed E-state index contributed by atoms with van der Waals surface area (Å²) >= 11 is 1.29. The highest BCUT2D eigenvalue weighted by atomic mass is 32.1. The van der Waals surface area contributed by atoms with E-state index < -0.39 is 12.0 Å². The Morgan fingerprint density at radius 2 is 1.69 bits per heavy atom. The van der Waals surface area contributed by atoms with E-state index in [4.69, 9.17) is 23.9 Å². The molecule has 45 heavy (non-hydrogen) atoms. The molecule has 7 rings (SSSR count). The van der Waals surface area contributed by atoms with Gasteiger partial charge in [-0.3, -0.25) is 9.36 Å². The van der Waals surface area contributed by atoms with Crippen molar-refractivity contribution in [2.45, 2.75) is 19.6 Å². The Hall–Kier alpha value is -5.41. The third-order valence-corrected chi connectivity index (χ3v) is 8.49. The number of hydrogen-bond donors (Lipinski definition) is 0. The summed E-state index contributed by atoms with van der Waals surface area (Å²) in [6, 6.07) is 31.6. The molecular weight excluding hydrogens is 588 g/mol. The molecule has 5 aromatic rings. The summed E-state index contributed by atoms with van der Waals surface area (Å²) in [4.78, 5) is 33.0. The molecule has 0 fully saturated rings. The fourth-order valence-corrected chi connectivity index (χ4v) is 6.40. The van der Waals surface area contributed by atoms with Crippen LogP contribution in [0.3, 0.4) is 0 Å². The lowest BCUT2D eigenvalue weighted by atomic mass is 9.93. The highest BCUT2D eigenvalue weighted by molar-refractivity contribution is 7.07. The monoisotopic (exact) mass is 616 g/mol. The van der Waals surface area contributed by atoms with Crippen LogP contribution in [0.25, 0.3) is 11.8 Å². The standard InChI is InChI=1S/C36H28N2O6S/c1-2-41-35(40)31-32(25-9-5-3-6-10-25)37-36-38(33(31)26-11-7-4-8-12-26)34(39)30(45-36)20-23-13-16-27(17-14-23)42-21-24-15-18-28-29(19-24)44-22-43-28/h3-20,33H,2,21-22H2,1H3/b30-20-/t33-/m0/s1. The average Bonchev–Trinajstić information content (AvgIpc) is 3.68. The SMILES string of the molecule is CCOC(=O)C1=C(c2ccccc2)N=c2s/c(=C\c3ccc(OCc4ccc5c(c4)OCO5)cc3)c(=O)n2[C@H]1c1ccccc1. The van der Waals surface area contributed by atoms with Crippen LogP contribution in [0.1, 0.15) is 35.2 Å². The molecule has 0 aliphatic carbocycles. The van der Waals surface area contributed by atoms with Gasteiger partial charge in [-0.05, 0) is 54.0 Å². The molecule has 0 amide bonds. The number of carbonyl (C=O) groups is 1. The summed E-state index contributed by atoms with van der Waals surface area (Å²) in [6.45, 7) is 2.57. The Bertz CT molecular complexity index is 2080. The number of thiazole rings is 1. The molecule has 0 unspecified atom stereocenters. The first kappa shape index (κ1) is 28.4. The van der Waals surface area contributed by atoms with Crippen molar-refractivity contribution in [1.82, 2.24) is 4.57 Å². The number of rotatable bonds is 8. The molecule has 3 heterocycles. The minimum absolute atomic E-state index is 0.201. The van der Waals surface area contributed by atoms with Crippen molar-refractivity contribution in [2.75, 3.05) is 13.4 Å². The van der Waals surface area contributed by atoms with Gasteiger partial charge in [0, 0.05) is 5.56 Å². The maximum atomic E-state index is 14.0. The van der Waals surface area contributed by atoms with Gasteiger partial charge in [-0.25, -0.2) is 9.79 Å². The molecule has 1 aromatic heterocycles. The smallest absolute Gasteiger partial charge is 0.338 e. The second-order valence-corrected chi connectivity index (χ2v) is 11.4. The molecule has 9 heteroatoms. The molecular formula is C36H28N2O6S. The zero-order valence-corrected chi connectivity index (χ0v) is 25.2. The maximum absolute atomic E-state index is 14.0. The first-order chi connectivity index (χ1) is 22.1. The molecule has 0 N–H and O–H groups in total. The number of ether oxygens (including phenoxy) is 4. The van der Waals surface area contributed by atoms with Gasteiger partial charge in [0.2, 0.25) is 6.79 Å². The largest absolute Gasteiger partial charge is 0.489 e. The predicted molar refractivity (Wildman–Crippen MR) is 171 cm³/mol. The van der Waals surface area contributed by atoms with Crippen LogP contribution < -0.4 is 29.1 Å². The van der Waals surface area contributed by atoms with Crippen LogP contribution in [-0.4, -0.2) is 23.9 Å². The Balaban J connectivity index is 1.25. The Kier molecular flexibility index (Phi) is 7.75. The van der Waals surface area contributed by atoms with Gasteiger partial charge in [-0.1, -0.05) is 90.2 Å². The Morgan fingerprint density at radius 1 is 0.956 bits per heavy atom. The molecule has 0 bridgehead atoms. The van der Waals surface area contributed by atoms with Crippen LogP contribution >= 0.6 is 11.3 Å². The minimum Gasteiger partial charge on any atom is -0.489 e. The second kappa shape index (κ2) is 12.3. The van der Waals surface area contributed by atoms with E-state index in [9.17, 15) is 9.59 Å². The maximum Gasteiger partial charge on any atom is 0.338 e. The summed E-state index contributed by atoms with van der Waals surface area (Å²) in [7, 11) is 0. The van der Waals surface area contributed by atoms with Crippen LogP contribution in [0.4, 0.5) is 0 Å². The fourth-order valence-electron chi connectivity index (χ4n) is 5.40. The van der Waals surface area contributed by atoms with Crippen molar-refractivity contribution in [1.29, 1.82) is 0 Å². The van der Waals surface area contributed by atoms with E-state index in [1.807, 2.05) is 109 Å². The summed E-state index contributed by atoms with van der Waals surface area (Å²) in [5.74, 6) is 1.64. The molecule has 0 saturated carbocycles. The van der Waals surface area contributed by atoms with E-state index in [2.05, 4.69) is 0 Å². The Morgan fingerprint density at radius 3 is 2.44 bits per heavy atom. The third kappa shape index (κ3) is 5.65. The van der Waals surface area contributed by atoms with E-state index in [0.29, 0.717) is 38.7 Å². The first-order valence-electron chi connectivity index (χ1n) is 14.5. The van der Waals surface area contributed by atoms with Crippen molar-refractivity contribution in [3.8, 4) is 17.2 Å². The lowest BCUT2D eigenvalue weighted by Gasteiger charge is -2.25. The molecule has 2 aliphatic heterocycles. The third-order valence-electron chi connectivity index (χ3n) is 7.51. The number of esters is 1. The Labute approximate surface area is 262 Å². The molecule has 1 atom stereocenters. The highest BCUT2D eigenvalue weighted by Crippen LogP contribution is 2.35. The predicted octanol–water partition coefficient (Wildman–Crippen LogP) is 5.24. The van der Waals surface area contributed by atoms with Gasteiger partial charge in [0.05, 0.1) is 28.5 Å². The fraction of sp³-hybridized carbons (Fsp3) is 0.139. The molecule has 8 nitrogen and oxygen atoms in total. The van der Waals surface area contributed by atoms with Crippen LogP contribution in [0.15, 0.2) is 118 Å². The normalized spacial score (nSPS) is 15.4. The van der Waals surface area contributed by atoms with Crippen molar-refractivity contribution < 1.29 is 23.7 Å². The zero-order valence-electron chi connectivity index (χ0n) is 24.3.